The van der Waals surface area contributed by atoms with E-state index in [9.17, 15) is 4.79 Å². The van der Waals surface area contributed by atoms with Gasteiger partial charge in [0.1, 0.15) is 6.04 Å². The molecule has 7 nitrogen and oxygen atoms in total. The van der Waals surface area contributed by atoms with Crippen LogP contribution in [-0.2, 0) is 15.6 Å². The SMILES string of the molecule is CC(=O)N1C[C@@H]2CC34c5ccccc5N[C@@H]3N3C[C@H](C(C)C)[NH+](C)CC3CC43c4ccccc4N[C@@H]3N2C[C@@H]1C(C)C. The van der Waals surface area contributed by atoms with Crippen molar-refractivity contribution in [1.82, 2.24) is 14.7 Å². The van der Waals surface area contributed by atoms with Crippen LogP contribution in [0.4, 0.5) is 11.4 Å². The smallest absolute Gasteiger partial charge is 0.219 e. The van der Waals surface area contributed by atoms with E-state index in [1.54, 1.807) is 11.8 Å². The number of benzene rings is 2. The second-order valence-corrected chi connectivity index (χ2v) is 15.1. The summed E-state index contributed by atoms with van der Waals surface area (Å²) in [4.78, 5) is 22.7. The van der Waals surface area contributed by atoms with Gasteiger partial charge < -0.3 is 20.4 Å². The van der Waals surface area contributed by atoms with Gasteiger partial charge in [-0.25, -0.2) is 0 Å². The molecule has 2 spiro atoms. The van der Waals surface area contributed by atoms with Gasteiger partial charge in [-0.3, -0.25) is 14.6 Å². The van der Waals surface area contributed by atoms with Crippen molar-refractivity contribution >= 4 is 17.3 Å². The number of carbonyl (C=O) groups excluding carboxylic acids is 1. The highest BCUT2D eigenvalue weighted by Gasteiger charge is 2.75. The molecule has 6 heterocycles. The second kappa shape index (κ2) is 9.20. The van der Waals surface area contributed by atoms with Crippen LogP contribution in [0.2, 0.25) is 0 Å². The van der Waals surface area contributed by atoms with Crippen LogP contribution in [-0.4, -0.2) is 90.3 Å². The van der Waals surface area contributed by atoms with Crippen molar-refractivity contribution in [3.63, 3.8) is 0 Å². The van der Waals surface area contributed by atoms with Gasteiger partial charge in [-0.1, -0.05) is 64.1 Å². The fourth-order valence-electron chi connectivity index (χ4n) is 10.9. The number of piperazine rings is 2. The molecule has 8 rings (SSSR count). The minimum atomic E-state index is -0.106. The summed E-state index contributed by atoms with van der Waals surface area (Å²) >= 11 is 0. The molecule has 2 aromatic rings. The number of hydrogen-bond donors (Lipinski definition) is 3. The molecule has 0 radical (unpaired) electrons. The third-order valence-corrected chi connectivity index (χ3v) is 12.6. The maximum Gasteiger partial charge on any atom is 0.219 e. The first-order chi connectivity index (χ1) is 20.2. The van der Waals surface area contributed by atoms with Gasteiger partial charge >= 0.3 is 0 Å². The molecular weight excluding hydrogens is 520 g/mol. The van der Waals surface area contributed by atoms with Crippen molar-refractivity contribution in [3.8, 4) is 0 Å². The number of rotatable bonds is 2. The normalized spacial score (nSPS) is 40.2. The van der Waals surface area contributed by atoms with E-state index >= 15 is 0 Å². The van der Waals surface area contributed by atoms with E-state index in [-0.39, 0.29) is 35.1 Å². The number of quaternary nitrogens is 1. The van der Waals surface area contributed by atoms with Crippen LogP contribution in [0.3, 0.4) is 0 Å². The molecule has 42 heavy (non-hydrogen) atoms. The molecule has 4 unspecified atom stereocenters. The average Bonchev–Trinajstić information content (AvgIpc) is 3.47. The maximum absolute atomic E-state index is 13.1. The van der Waals surface area contributed by atoms with Crippen LogP contribution >= 0.6 is 0 Å². The van der Waals surface area contributed by atoms with Crippen molar-refractivity contribution in [1.29, 1.82) is 0 Å². The lowest BCUT2D eigenvalue weighted by Crippen LogP contribution is -3.18. The van der Waals surface area contributed by atoms with Gasteiger partial charge in [-0.15, -0.1) is 0 Å². The number of nitrogens with one attached hydrogen (secondary N) is 3. The summed E-state index contributed by atoms with van der Waals surface area (Å²) in [6.07, 6.45) is 2.64. The lowest BCUT2D eigenvalue weighted by molar-refractivity contribution is -0.918. The molecule has 0 aliphatic carbocycles. The van der Waals surface area contributed by atoms with Crippen LogP contribution in [0.1, 0.15) is 58.6 Å². The molecule has 224 valence electrons. The standard InChI is InChI=1S/C35H48N6O/c1-21(2)30-19-40-24(17-38(30)6)15-34-26-11-7-9-13-28(26)37-33(34)41-20-31(22(3)4)39(23(5)42)18-25(41)16-35(34)27-12-8-10-14-29(27)36-32(35)40/h7-14,21-22,24-25,30-33,36-37H,15-20H2,1-6H3/p+1/t24?,25-,30+,31+,32+,33+,34?,35?/m0/s1. The summed E-state index contributed by atoms with van der Waals surface area (Å²) in [7, 11) is 2.43. The van der Waals surface area contributed by atoms with Gasteiger partial charge in [0, 0.05) is 60.2 Å². The quantitative estimate of drug-likeness (QED) is 0.520. The summed E-state index contributed by atoms with van der Waals surface area (Å²) in [6.45, 7) is 15.2. The summed E-state index contributed by atoms with van der Waals surface area (Å²) in [5, 5.41) is 8.35. The summed E-state index contributed by atoms with van der Waals surface area (Å²) < 4.78 is 0. The van der Waals surface area contributed by atoms with Crippen LogP contribution in [0.5, 0.6) is 0 Å². The van der Waals surface area contributed by atoms with E-state index in [4.69, 9.17) is 0 Å². The summed E-state index contributed by atoms with van der Waals surface area (Å²) in [5.74, 6) is 1.27. The first-order valence-electron chi connectivity index (χ1n) is 16.5. The molecule has 6 aliphatic rings. The Morgan fingerprint density at radius 1 is 0.810 bits per heavy atom. The zero-order valence-electron chi connectivity index (χ0n) is 26.2. The first kappa shape index (κ1) is 27.0. The molecule has 9 atom stereocenters. The molecule has 4 saturated heterocycles. The Kier molecular flexibility index (Phi) is 5.91. The van der Waals surface area contributed by atoms with Crippen molar-refractivity contribution in [2.45, 2.75) is 94.8 Å². The van der Waals surface area contributed by atoms with Crippen LogP contribution in [0, 0.1) is 11.8 Å². The fraction of sp³-hybridized carbons (Fsp3) is 0.629. The van der Waals surface area contributed by atoms with Gasteiger partial charge in [0.25, 0.3) is 0 Å². The predicted octanol–water partition coefficient (Wildman–Crippen LogP) is 2.95. The molecule has 2 aromatic carbocycles. The largest absolute Gasteiger partial charge is 0.369 e. The number of para-hydroxylation sites is 2. The van der Waals surface area contributed by atoms with E-state index in [0.717, 1.165) is 32.5 Å². The first-order valence-corrected chi connectivity index (χ1v) is 16.5. The van der Waals surface area contributed by atoms with Crippen LogP contribution < -0.4 is 15.5 Å². The Balaban J connectivity index is 1.35. The highest BCUT2D eigenvalue weighted by atomic mass is 16.2. The summed E-state index contributed by atoms with van der Waals surface area (Å²) in [6, 6.07) is 20.1. The van der Waals surface area contributed by atoms with Gasteiger partial charge in [-0.05, 0) is 42.0 Å². The Labute approximate surface area is 251 Å². The average molecular weight is 570 g/mol. The van der Waals surface area contributed by atoms with Crippen molar-refractivity contribution < 1.29 is 9.69 Å². The number of nitrogens with zero attached hydrogens (tertiary/aromatic N) is 3. The minimum Gasteiger partial charge on any atom is -0.369 e. The number of anilines is 2. The van der Waals surface area contributed by atoms with E-state index in [1.807, 2.05) is 0 Å². The number of amides is 1. The maximum atomic E-state index is 13.1. The monoisotopic (exact) mass is 569 g/mol. The number of carbonyl (C=O) groups is 1. The highest BCUT2D eigenvalue weighted by Crippen LogP contribution is 2.68. The van der Waals surface area contributed by atoms with E-state index in [2.05, 4.69) is 109 Å². The molecule has 0 aromatic heterocycles. The topological polar surface area (TPSA) is 55.3 Å². The predicted molar refractivity (Wildman–Crippen MR) is 168 cm³/mol. The number of hydrogen-bond acceptors (Lipinski definition) is 5. The van der Waals surface area contributed by atoms with Crippen molar-refractivity contribution in [2.75, 3.05) is 43.9 Å². The molecule has 1 amide bonds. The molecule has 0 saturated carbocycles. The number of piperidine rings is 2. The van der Waals surface area contributed by atoms with Gasteiger partial charge in [-0.2, -0.15) is 0 Å². The molecular formula is C35H49N6O+. The molecule has 0 bridgehead atoms. The van der Waals surface area contributed by atoms with Gasteiger partial charge in [0.05, 0.1) is 38.5 Å². The third-order valence-electron chi connectivity index (χ3n) is 12.6. The third kappa shape index (κ3) is 3.31. The molecule has 4 fully saturated rings. The molecule has 6 aliphatic heterocycles. The van der Waals surface area contributed by atoms with E-state index < -0.39 is 0 Å². The highest BCUT2D eigenvalue weighted by molar-refractivity contribution is 5.75. The lowest BCUT2D eigenvalue weighted by atomic mass is 9.47. The van der Waals surface area contributed by atoms with E-state index in [0.29, 0.717) is 30.0 Å². The van der Waals surface area contributed by atoms with Crippen LogP contribution in [0.15, 0.2) is 48.5 Å². The van der Waals surface area contributed by atoms with Gasteiger partial charge in [0.15, 0.2) is 0 Å². The van der Waals surface area contributed by atoms with Crippen molar-refractivity contribution in [3.05, 3.63) is 59.7 Å². The van der Waals surface area contributed by atoms with Crippen molar-refractivity contribution in [2.24, 2.45) is 11.8 Å². The Bertz CT molecular complexity index is 1410. The minimum absolute atomic E-state index is 0.0730. The zero-order chi connectivity index (χ0) is 29.1. The Morgan fingerprint density at radius 2 is 1.36 bits per heavy atom. The van der Waals surface area contributed by atoms with E-state index in [1.165, 1.54) is 29.0 Å². The Hall–Kier alpha value is -2.61. The number of fused-ring (bicyclic) bond motifs is 6. The second-order valence-electron chi connectivity index (χ2n) is 15.1. The van der Waals surface area contributed by atoms with Gasteiger partial charge in [0.2, 0.25) is 5.91 Å². The molecule has 3 N–H and O–H groups in total. The Morgan fingerprint density at radius 3 is 1.90 bits per heavy atom. The zero-order valence-corrected chi connectivity index (χ0v) is 26.2. The summed E-state index contributed by atoms with van der Waals surface area (Å²) in [5.41, 5.74) is 5.44. The lowest BCUT2D eigenvalue weighted by Gasteiger charge is -2.69. The van der Waals surface area contributed by atoms with Crippen LogP contribution in [0.25, 0.3) is 0 Å². The fourth-order valence-corrected chi connectivity index (χ4v) is 10.9. The molecule has 7 heteroatoms. The number of likely N-dealkylation sites (N-methyl/N-ethyl adjacent to an activating group) is 1.